The molecule has 300 valence electrons. The summed E-state index contributed by atoms with van der Waals surface area (Å²) in [5.74, 6) is -0.671. The Bertz CT molecular complexity index is 1430. The van der Waals surface area contributed by atoms with Crippen molar-refractivity contribution in [3.05, 3.63) is 96.6 Å². The van der Waals surface area contributed by atoms with Crippen LogP contribution in [0.1, 0.15) is 88.0 Å². The van der Waals surface area contributed by atoms with Gasteiger partial charge in [0, 0.05) is 31.7 Å². The number of carbonyl (C=O) groups excluding carboxylic acids is 1. The number of hydrogen-bond acceptors (Lipinski definition) is 8. The van der Waals surface area contributed by atoms with Crippen molar-refractivity contribution in [2.24, 2.45) is 16.7 Å². The molecule has 2 aromatic rings. The molecule has 8 nitrogen and oxygen atoms in total. The first-order valence-corrected chi connectivity index (χ1v) is 21.4. The summed E-state index contributed by atoms with van der Waals surface area (Å²) in [7, 11) is -1.13. The fourth-order valence-electron chi connectivity index (χ4n) is 6.61. The van der Waals surface area contributed by atoms with E-state index in [9.17, 15) is 9.90 Å². The van der Waals surface area contributed by atoms with Crippen LogP contribution in [0, 0.1) is 16.7 Å². The van der Waals surface area contributed by atoms with Crippen LogP contribution in [0.25, 0.3) is 0 Å². The lowest BCUT2D eigenvalue weighted by atomic mass is 9.93. The summed E-state index contributed by atoms with van der Waals surface area (Å²) in [6.07, 6.45) is 11.7. The Balaban J connectivity index is 1.81. The number of hydrogen-bond donors (Lipinski definition) is 1. The fraction of sp³-hybridized carbons (Fsp3) is 0.578. The van der Waals surface area contributed by atoms with Crippen molar-refractivity contribution in [3.8, 4) is 0 Å². The molecular formula is C45H68O8Si. The quantitative estimate of drug-likeness (QED) is 0.0475. The van der Waals surface area contributed by atoms with Gasteiger partial charge in [-0.15, -0.1) is 0 Å². The van der Waals surface area contributed by atoms with E-state index in [4.69, 9.17) is 28.1 Å². The van der Waals surface area contributed by atoms with Gasteiger partial charge in [0.15, 0.2) is 6.29 Å². The van der Waals surface area contributed by atoms with Gasteiger partial charge in [-0.3, -0.25) is 4.79 Å². The maximum atomic E-state index is 12.8. The lowest BCUT2D eigenvalue weighted by molar-refractivity contribution is -0.157. The van der Waals surface area contributed by atoms with Gasteiger partial charge < -0.3 is 33.2 Å². The van der Waals surface area contributed by atoms with Gasteiger partial charge in [-0.2, -0.15) is 0 Å². The van der Waals surface area contributed by atoms with Crippen LogP contribution in [0.2, 0.25) is 5.04 Å². The van der Waals surface area contributed by atoms with E-state index >= 15 is 0 Å². The van der Waals surface area contributed by atoms with Crippen LogP contribution in [-0.4, -0.2) is 78.2 Å². The summed E-state index contributed by atoms with van der Waals surface area (Å²) in [5, 5.41) is 13.6. The number of carbonyl (C=O) groups is 1. The first kappa shape index (κ1) is 45.5. The molecule has 4 atom stereocenters. The number of benzene rings is 2. The Morgan fingerprint density at radius 2 is 1.57 bits per heavy atom. The number of aliphatic hydroxyl groups is 1. The van der Waals surface area contributed by atoms with E-state index in [0.717, 1.165) is 24.8 Å². The highest BCUT2D eigenvalue weighted by molar-refractivity contribution is 6.99. The zero-order valence-electron chi connectivity index (χ0n) is 34.6. The first-order chi connectivity index (χ1) is 25.5. The minimum atomic E-state index is -2.70. The molecule has 0 aromatic heterocycles. The first-order valence-electron chi connectivity index (χ1n) is 19.5. The van der Waals surface area contributed by atoms with Gasteiger partial charge >= 0.3 is 5.97 Å². The summed E-state index contributed by atoms with van der Waals surface area (Å²) in [6, 6.07) is 21.3. The van der Waals surface area contributed by atoms with Gasteiger partial charge in [-0.05, 0) is 74.4 Å². The standard InChI is InChI=1S/C45H68O8Si/c1-35(31-50-41-26-18-20-28-49-41)29-37(46)30-36(32-51-42(47)43(2,3)4)40(52-34-48-10)25-17-19-27-45(8,9)33-53-54(44(5,6)7,38-21-13-11-14-22-38)39-23-15-12-16-24-39/h11-17,19,21-25,27,29,36-37,40-41,46H,18,20,26,28,30-34H2,1-10H3/b25-17+,27-19+,35-29+/t36-,37?,40-,41?/m1/s1. The number of aliphatic hydroxyl groups excluding tert-OH is 1. The maximum Gasteiger partial charge on any atom is 0.311 e. The van der Waals surface area contributed by atoms with Crippen molar-refractivity contribution < 1.29 is 38.0 Å². The SMILES string of the molecule is COCO[C@H](/C=C/C=C/C(C)(C)CO[Si](c1ccccc1)(c1ccccc1)C(C)(C)C)[C@@H](COC(=O)C(C)(C)C)CC(O)/C=C(\C)COC1CCCCO1. The van der Waals surface area contributed by atoms with Gasteiger partial charge in [-0.1, -0.05) is 126 Å². The van der Waals surface area contributed by atoms with Crippen LogP contribution >= 0.6 is 0 Å². The Morgan fingerprint density at radius 3 is 2.11 bits per heavy atom. The zero-order chi connectivity index (χ0) is 39.8. The molecule has 1 heterocycles. The van der Waals surface area contributed by atoms with Gasteiger partial charge in [0.25, 0.3) is 8.32 Å². The molecule has 0 aliphatic carbocycles. The zero-order valence-corrected chi connectivity index (χ0v) is 35.6. The predicted octanol–water partition coefficient (Wildman–Crippen LogP) is 8.14. The van der Waals surface area contributed by atoms with E-state index in [0.29, 0.717) is 26.2 Å². The second-order valence-corrected chi connectivity index (χ2v) is 21.6. The molecule has 0 spiro atoms. The molecule has 1 aliphatic rings. The van der Waals surface area contributed by atoms with Crippen molar-refractivity contribution >= 4 is 24.7 Å². The molecule has 1 fully saturated rings. The van der Waals surface area contributed by atoms with E-state index in [-0.39, 0.29) is 42.0 Å². The normalized spacial score (nSPS) is 18.2. The third-order valence-electron chi connectivity index (χ3n) is 9.58. The van der Waals surface area contributed by atoms with Crippen LogP contribution in [0.5, 0.6) is 0 Å². The molecule has 0 saturated carbocycles. The van der Waals surface area contributed by atoms with E-state index < -0.39 is 25.9 Å². The highest BCUT2D eigenvalue weighted by Gasteiger charge is 2.50. The molecule has 54 heavy (non-hydrogen) atoms. The molecular weight excluding hydrogens is 697 g/mol. The Labute approximate surface area is 327 Å². The second-order valence-electron chi connectivity index (χ2n) is 17.3. The van der Waals surface area contributed by atoms with Crippen LogP contribution in [0.4, 0.5) is 0 Å². The summed E-state index contributed by atoms with van der Waals surface area (Å²) in [5.41, 5.74) is -0.0649. The summed E-state index contributed by atoms with van der Waals surface area (Å²) in [6.45, 7) is 20.3. The lowest BCUT2D eigenvalue weighted by Crippen LogP contribution is -2.67. The minimum Gasteiger partial charge on any atom is -0.465 e. The van der Waals surface area contributed by atoms with E-state index in [1.54, 1.807) is 13.2 Å². The van der Waals surface area contributed by atoms with Crippen LogP contribution < -0.4 is 10.4 Å². The third kappa shape index (κ3) is 14.3. The van der Waals surface area contributed by atoms with Crippen molar-refractivity contribution in [2.75, 3.05) is 40.3 Å². The van der Waals surface area contributed by atoms with Crippen molar-refractivity contribution in [2.45, 2.75) is 112 Å². The summed E-state index contributed by atoms with van der Waals surface area (Å²) >= 11 is 0. The van der Waals surface area contributed by atoms with Crippen molar-refractivity contribution in [1.29, 1.82) is 0 Å². The second kappa shape index (κ2) is 21.4. The largest absolute Gasteiger partial charge is 0.465 e. The molecule has 2 aromatic carbocycles. The molecule has 0 bridgehead atoms. The maximum absolute atomic E-state index is 12.8. The predicted molar refractivity (Wildman–Crippen MR) is 220 cm³/mol. The van der Waals surface area contributed by atoms with Crippen molar-refractivity contribution in [3.63, 3.8) is 0 Å². The Kier molecular flexibility index (Phi) is 18.0. The van der Waals surface area contributed by atoms with Crippen LogP contribution in [0.15, 0.2) is 96.6 Å². The fourth-order valence-corrected chi connectivity index (χ4v) is 11.4. The van der Waals surface area contributed by atoms with Gasteiger partial charge in [-0.25, -0.2) is 0 Å². The smallest absolute Gasteiger partial charge is 0.311 e. The molecule has 2 unspecified atom stereocenters. The average Bonchev–Trinajstić information content (AvgIpc) is 3.12. The molecule has 1 saturated heterocycles. The molecule has 0 radical (unpaired) electrons. The molecule has 9 heteroatoms. The number of esters is 1. The topological polar surface area (TPSA) is 92.7 Å². The number of ether oxygens (including phenoxy) is 5. The van der Waals surface area contributed by atoms with Crippen molar-refractivity contribution in [1.82, 2.24) is 0 Å². The summed E-state index contributed by atoms with van der Waals surface area (Å²) in [4.78, 5) is 12.8. The van der Waals surface area contributed by atoms with E-state index in [1.165, 1.54) is 10.4 Å². The monoisotopic (exact) mass is 764 g/mol. The van der Waals surface area contributed by atoms with Gasteiger partial charge in [0.05, 0.1) is 30.8 Å². The van der Waals surface area contributed by atoms with Gasteiger partial charge in [0.1, 0.15) is 6.79 Å². The molecule has 0 amide bonds. The van der Waals surface area contributed by atoms with Gasteiger partial charge in [0.2, 0.25) is 0 Å². The number of rotatable bonds is 20. The van der Waals surface area contributed by atoms with E-state index in [2.05, 4.69) is 101 Å². The number of allylic oxidation sites excluding steroid dienone is 2. The lowest BCUT2D eigenvalue weighted by Gasteiger charge is -2.44. The Hall–Kier alpha value is -2.89. The highest BCUT2D eigenvalue weighted by atomic mass is 28.4. The van der Waals surface area contributed by atoms with Crippen LogP contribution in [0.3, 0.4) is 0 Å². The average molecular weight is 765 g/mol. The van der Waals surface area contributed by atoms with E-state index in [1.807, 2.05) is 45.9 Å². The van der Waals surface area contributed by atoms with Crippen LogP contribution in [-0.2, 0) is 32.9 Å². The third-order valence-corrected chi connectivity index (χ3v) is 14.6. The molecule has 3 rings (SSSR count). The molecule has 1 aliphatic heterocycles. The highest BCUT2D eigenvalue weighted by Crippen LogP contribution is 2.38. The Morgan fingerprint density at radius 1 is 0.944 bits per heavy atom. The summed E-state index contributed by atoms with van der Waals surface area (Å²) < 4.78 is 36.1. The minimum absolute atomic E-state index is 0.0421. The number of methoxy groups -OCH3 is 1. The molecule has 1 N–H and O–H groups in total.